The number of nitrogens with one attached hydrogen (secondary N) is 1. The Morgan fingerprint density at radius 3 is 2.61 bits per heavy atom. The van der Waals surface area contributed by atoms with Crippen LogP contribution in [0.2, 0.25) is 0 Å². The van der Waals surface area contributed by atoms with Gasteiger partial charge >= 0.3 is 0 Å². The molecule has 0 spiro atoms. The average molecular weight is 248 g/mol. The van der Waals surface area contributed by atoms with Gasteiger partial charge in [-0.2, -0.15) is 0 Å². The molecule has 0 amide bonds. The van der Waals surface area contributed by atoms with Crippen LogP contribution in [0.3, 0.4) is 0 Å². The van der Waals surface area contributed by atoms with E-state index in [9.17, 15) is 0 Å². The number of benzene rings is 1. The molecule has 1 aromatic carbocycles. The van der Waals surface area contributed by atoms with E-state index >= 15 is 0 Å². The molecule has 1 heterocycles. The van der Waals surface area contributed by atoms with E-state index in [0.717, 1.165) is 24.5 Å². The van der Waals surface area contributed by atoms with E-state index in [1.807, 2.05) is 12.1 Å². The van der Waals surface area contributed by atoms with Gasteiger partial charge in [0, 0.05) is 39.3 Å². The van der Waals surface area contributed by atoms with Gasteiger partial charge in [-0.25, -0.2) is 0 Å². The molecular formula is C14H24N4. The molecule has 2 rings (SSSR count). The molecular weight excluding hydrogens is 224 g/mol. The SMILES string of the molecule is Cc1cccc(N)c1NCCN1CCN(C)CC1. The van der Waals surface area contributed by atoms with Crippen LogP contribution < -0.4 is 11.1 Å². The first-order valence-corrected chi connectivity index (χ1v) is 6.66. The van der Waals surface area contributed by atoms with Crippen LogP contribution in [0.15, 0.2) is 18.2 Å². The van der Waals surface area contributed by atoms with Gasteiger partial charge in [0.2, 0.25) is 0 Å². The second kappa shape index (κ2) is 6.07. The molecule has 100 valence electrons. The number of piperazine rings is 1. The summed E-state index contributed by atoms with van der Waals surface area (Å²) in [4.78, 5) is 4.88. The van der Waals surface area contributed by atoms with Crippen molar-refractivity contribution >= 4 is 11.4 Å². The lowest BCUT2D eigenvalue weighted by Crippen LogP contribution is -2.45. The van der Waals surface area contributed by atoms with Crippen LogP contribution in [-0.2, 0) is 0 Å². The highest BCUT2D eigenvalue weighted by molar-refractivity contribution is 5.69. The summed E-state index contributed by atoms with van der Waals surface area (Å²) in [7, 11) is 2.18. The number of hydrogen-bond donors (Lipinski definition) is 2. The van der Waals surface area contributed by atoms with Gasteiger partial charge in [0.1, 0.15) is 0 Å². The second-order valence-corrected chi connectivity index (χ2v) is 5.11. The standard InChI is InChI=1S/C14H24N4/c1-12-4-3-5-13(15)14(12)16-6-7-18-10-8-17(2)9-11-18/h3-5,16H,6-11,15H2,1-2H3. The van der Waals surface area contributed by atoms with Gasteiger partial charge in [0.15, 0.2) is 0 Å². The van der Waals surface area contributed by atoms with Crippen LogP contribution in [0.5, 0.6) is 0 Å². The predicted octanol–water partition coefficient (Wildman–Crippen LogP) is 1.24. The van der Waals surface area contributed by atoms with Crippen LogP contribution >= 0.6 is 0 Å². The molecule has 0 unspecified atom stereocenters. The number of para-hydroxylation sites is 1. The molecule has 0 atom stereocenters. The highest BCUT2D eigenvalue weighted by atomic mass is 15.2. The Balaban J connectivity index is 1.78. The second-order valence-electron chi connectivity index (χ2n) is 5.11. The Morgan fingerprint density at radius 1 is 1.22 bits per heavy atom. The molecule has 4 heteroatoms. The van der Waals surface area contributed by atoms with Crippen molar-refractivity contribution in [2.45, 2.75) is 6.92 Å². The molecule has 0 radical (unpaired) electrons. The van der Waals surface area contributed by atoms with Crippen molar-refractivity contribution < 1.29 is 0 Å². The number of nitrogen functional groups attached to an aromatic ring is 1. The number of hydrogen-bond acceptors (Lipinski definition) is 4. The maximum atomic E-state index is 5.98. The molecule has 0 aliphatic carbocycles. The minimum atomic E-state index is 0.841. The lowest BCUT2D eigenvalue weighted by molar-refractivity contribution is 0.158. The minimum Gasteiger partial charge on any atom is -0.397 e. The normalized spacial score (nSPS) is 17.9. The van der Waals surface area contributed by atoms with Crippen LogP contribution in [0.25, 0.3) is 0 Å². The first-order valence-electron chi connectivity index (χ1n) is 6.66. The monoisotopic (exact) mass is 248 g/mol. The maximum absolute atomic E-state index is 5.98. The molecule has 1 saturated heterocycles. The van der Waals surface area contributed by atoms with Gasteiger partial charge < -0.3 is 16.0 Å². The average Bonchev–Trinajstić information content (AvgIpc) is 2.35. The topological polar surface area (TPSA) is 44.5 Å². The van der Waals surface area contributed by atoms with Crippen molar-refractivity contribution in [1.29, 1.82) is 0 Å². The van der Waals surface area contributed by atoms with Gasteiger partial charge in [-0.05, 0) is 25.6 Å². The summed E-state index contributed by atoms with van der Waals surface area (Å²) in [6, 6.07) is 6.04. The Labute approximate surface area is 110 Å². The molecule has 4 nitrogen and oxygen atoms in total. The minimum absolute atomic E-state index is 0.841. The summed E-state index contributed by atoms with van der Waals surface area (Å²) in [5.41, 5.74) is 9.12. The summed E-state index contributed by atoms with van der Waals surface area (Å²) < 4.78 is 0. The van der Waals surface area contributed by atoms with E-state index < -0.39 is 0 Å². The molecule has 0 aromatic heterocycles. The fourth-order valence-electron chi connectivity index (χ4n) is 2.34. The summed E-state index contributed by atoms with van der Waals surface area (Å²) in [6.45, 7) is 8.82. The zero-order chi connectivity index (χ0) is 13.0. The van der Waals surface area contributed by atoms with Crippen molar-refractivity contribution in [3.63, 3.8) is 0 Å². The zero-order valence-corrected chi connectivity index (χ0v) is 11.4. The molecule has 1 aromatic rings. The first-order chi connectivity index (χ1) is 8.66. The zero-order valence-electron chi connectivity index (χ0n) is 11.4. The maximum Gasteiger partial charge on any atom is 0.0604 e. The molecule has 0 bridgehead atoms. The van der Waals surface area contributed by atoms with Crippen LogP contribution in [0.4, 0.5) is 11.4 Å². The van der Waals surface area contributed by atoms with Crippen molar-refractivity contribution in [2.75, 3.05) is 57.4 Å². The third kappa shape index (κ3) is 3.37. The summed E-state index contributed by atoms with van der Waals surface area (Å²) >= 11 is 0. The Morgan fingerprint density at radius 2 is 1.94 bits per heavy atom. The third-order valence-corrected chi connectivity index (χ3v) is 3.63. The number of nitrogens with two attached hydrogens (primary N) is 1. The largest absolute Gasteiger partial charge is 0.397 e. The Kier molecular flexibility index (Phi) is 4.44. The number of aryl methyl sites for hydroxylation is 1. The highest BCUT2D eigenvalue weighted by Gasteiger charge is 2.13. The number of rotatable bonds is 4. The lowest BCUT2D eigenvalue weighted by Gasteiger charge is -2.32. The van der Waals surface area contributed by atoms with Gasteiger partial charge in [0.05, 0.1) is 11.4 Å². The lowest BCUT2D eigenvalue weighted by atomic mass is 10.1. The smallest absolute Gasteiger partial charge is 0.0604 e. The van der Waals surface area contributed by atoms with Gasteiger partial charge in [0.25, 0.3) is 0 Å². The highest BCUT2D eigenvalue weighted by Crippen LogP contribution is 2.21. The number of likely N-dealkylation sites (N-methyl/N-ethyl adjacent to an activating group) is 1. The number of nitrogens with zero attached hydrogens (tertiary/aromatic N) is 2. The predicted molar refractivity (Wildman–Crippen MR) is 78.0 cm³/mol. The van der Waals surface area contributed by atoms with Crippen molar-refractivity contribution in [3.05, 3.63) is 23.8 Å². The molecule has 18 heavy (non-hydrogen) atoms. The van der Waals surface area contributed by atoms with E-state index in [2.05, 4.69) is 35.2 Å². The summed E-state index contributed by atoms with van der Waals surface area (Å²) in [6.07, 6.45) is 0. The third-order valence-electron chi connectivity index (χ3n) is 3.63. The number of anilines is 2. The fourth-order valence-corrected chi connectivity index (χ4v) is 2.34. The molecule has 1 aliphatic heterocycles. The summed E-state index contributed by atoms with van der Waals surface area (Å²) in [5.74, 6) is 0. The van der Waals surface area contributed by atoms with E-state index in [1.165, 1.54) is 31.7 Å². The molecule has 3 N–H and O–H groups in total. The molecule has 1 fully saturated rings. The van der Waals surface area contributed by atoms with Gasteiger partial charge in [-0.1, -0.05) is 12.1 Å². The van der Waals surface area contributed by atoms with Crippen molar-refractivity contribution in [3.8, 4) is 0 Å². The molecule has 1 aliphatic rings. The van der Waals surface area contributed by atoms with Gasteiger partial charge in [-0.15, -0.1) is 0 Å². The van der Waals surface area contributed by atoms with Crippen LogP contribution in [0, 0.1) is 6.92 Å². The Bertz CT molecular complexity index is 363. The quantitative estimate of drug-likeness (QED) is 0.787. The fraction of sp³-hybridized carbons (Fsp3) is 0.571. The molecule has 0 saturated carbocycles. The Hall–Kier alpha value is -1.26. The van der Waals surface area contributed by atoms with E-state index in [4.69, 9.17) is 5.73 Å². The van der Waals surface area contributed by atoms with E-state index in [0.29, 0.717) is 0 Å². The van der Waals surface area contributed by atoms with E-state index in [1.54, 1.807) is 0 Å². The van der Waals surface area contributed by atoms with Crippen molar-refractivity contribution in [2.24, 2.45) is 0 Å². The first kappa shape index (κ1) is 13.2. The van der Waals surface area contributed by atoms with Crippen LogP contribution in [0.1, 0.15) is 5.56 Å². The van der Waals surface area contributed by atoms with Crippen LogP contribution in [-0.4, -0.2) is 56.1 Å². The summed E-state index contributed by atoms with van der Waals surface area (Å²) in [5, 5.41) is 3.46. The van der Waals surface area contributed by atoms with Crippen molar-refractivity contribution in [1.82, 2.24) is 9.80 Å². The van der Waals surface area contributed by atoms with Gasteiger partial charge in [-0.3, -0.25) is 4.90 Å². The van der Waals surface area contributed by atoms with E-state index in [-0.39, 0.29) is 0 Å².